The molecule has 0 aliphatic heterocycles. The number of nitrogens with zero attached hydrogens (tertiary/aromatic N) is 1. The molecule has 0 aromatic heterocycles. The average molecular weight is 254 g/mol. The van der Waals surface area contributed by atoms with Crippen molar-refractivity contribution in [1.82, 2.24) is 4.90 Å². The van der Waals surface area contributed by atoms with Crippen molar-refractivity contribution in [3.8, 4) is 5.75 Å². The molecule has 0 aliphatic carbocycles. The third-order valence-electron chi connectivity index (χ3n) is 2.27. The molecular weight excluding hydrogens is 234 g/mol. The molecule has 0 N–H and O–H groups in total. The van der Waals surface area contributed by atoms with Crippen LogP contribution in [0.1, 0.15) is 12.0 Å². The summed E-state index contributed by atoms with van der Waals surface area (Å²) in [7, 11) is 4.07. The van der Waals surface area contributed by atoms with Crippen LogP contribution in [0.3, 0.4) is 0 Å². The van der Waals surface area contributed by atoms with E-state index in [4.69, 9.17) is 16.3 Å². The van der Waals surface area contributed by atoms with Crippen LogP contribution in [-0.4, -0.2) is 38.0 Å². The number of likely N-dealkylation sites (N-methyl/N-ethyl adjacent to an activating group) is 1. The summed E-state index contributed by atoms with van der Waals surface area (Å²) in [6.07, 6.45) is 5.06. The largest absolute Gasteiger partial charge is 0.492 e. The number of hydrogen-bond acceptors (Lipinski definition) is 2. The fourth-order valence-corrected chi connectivity index (χ4v) is 1.43. The topological polar surface area (TPSA) is 12.5 Å². The number of allylic oxidation sites excluding steroid dienone is 1. The van der Waals surface area contributed by atoms with Crippen LogP contribution in [0.2, 0.25) is 0 Å². The molecule has 0 heterocycles. The zero-order chi connectivity index (χ0) is 12.5. The number of rotatable bonds is 7. The van der Waals surface area contributed by atoms with E-state index in [2.05, 4.69) is 29.2 Å². The number of halogens is 1. The molecule has 0 aliphatic rings. The van der Waals surface area contributed by atoms with Crippen molar-refractivity contribution < 1.29 is 4.74 Å². The van der Waals surface area contributed by atoms with E-state index in [9.17, 15) is 0 Å². The van der Waals surface area contributed by atoms with Gasteiger partial charge in [-0.25, -0.2) is 0 Å². The molecular formula is C14H20ClNO. The van der Waals surface area contributed by atoms with E-state index in [0.717, 1.165) is 18.7 Å². The van der Waals surface area contributed by atoms with Gasteiger partial charge < -0.3 is 9.64 Å². The number of alkyl halides is 1. The first-order valence-electron chi connectivity index (χ1n) is 5.82. The van der Waals surface area contributed by atoms with E-state index in [1.807, 2.05) is 26.2 Å². The maximum atomic E-state index is 5.61. The molecule has 1 rings (SSSR count). The van der Waals surface area contributed by atoms with Crippen LogP contribution in [0, 0.1) is 0 Å². The molecule has 1 aromatic carbocycles. The Balaban J connectivity index is 2.39. The Morgan fingerprint density at radius 1 is 1.24 bits per heavy atom. The van der Waals surface area contributed by atoms with Crippen molar-refractivity contribution in [3.63, 3.8) is 0 Å². The van der Waals surface area contributed by atoms with Crippen molar-refractivity contribution in [2.24, 2.45) is 0 Å². The minimum absolute atomic E-state index is 0.669. The number of hydrogen-bond donors (Lipinski definition) is 0. The molecule has 0 fully saturated rings. The fraction of sp³-hybridized carbons (Fsp3) is 0.429. The Hall–Kier alpha value is -0.990. The number of benzene rings is 1. The summed E-state index contributed by atoms with van der Waals surface area (Å²) in [6.45, 7) is 1.64. The Labute approximate surface area is 109 Å². The first-order valence-corrected chi connectivity index (χ1v) is 6.36. The van der Waals surface area contributed by atoms with Crippen LogP contribution in [-0.2, 0) is 0 Å². The van der Waals surface area contributed by atoms with Crippen LogP contribution < -0.4 is 4.74 Å². The zero-order valence-electron chi connectivity index (χ0n) is 10.5. The Morgan fingerprint density at radius 3 is 2.53 bits per heavy atom. The smallest absolute Gasteiger partial charge is 0.119 e. The molecule has 94 valence electrons. The van der Waals surface area contributed by atoms with Crippen LogP contribution in [0.15, 0.2) is 30.3 Å². The maximum Gasteiger partial charge on any atom is 0.119 e. The fourth-order valence-electron chi connectivity index (χ4n) is 1.30. The first kappa shape index (κ1) is 14.1. The molecule has 0 saturated carbocycles. The minimum Gasteiger partial charge on any atom is -0.492 e. The summed E-state index contributed by atoms with van der Waals surface area (Å²) >= 11 is 5.60. The average Bonchev–Trinajstić information content (AvgIpc) is 2.31. The molecule has 0 saturated heterocycles. The van der Waals surface area contributed by atoms with Gasteiger partial charge in [0.15, 0.2) is 0 Å². The lowest BCUT2D eigenvalue weighted by Crippen LogP contribution is -2.19. The van der Waals surface area contributed by atoms with Crippen molar-refractivity contribution in [2.45, 2.75) is 6.42 Å². The van der Waals surface area contributed by atoms with E-state index < -0.39 is 0 Å². The van der Waals surface area contributed by atoms with Gasteiger partial charge in [-0.05, 0) is 38.2 Å². The quantitative estimate of drug-likeness (QED) is 0.692. The summed E-state index contributed by atoms with van der Waals surface area (Å²) in [4.78, 5) is 2.10. The summed E-state index contributed by atoms with van der Waals surface area (Å²) in [5, 5.41) is 0. The summed E-state index contributed by atoms with van der Waals surface area (Å²) in [5.74, 6) is 1.59. The highest BCUT2D eigenvalue weighted by atomic mass is 35.5. The molecule has 1 aromatic rings. The lowest BCUT2D eigenvalue weighted by molar-refractivity contribution is 0.261. The van der Waals surface area contributed by atoms with E-state index >= 15 is 0 Å². The summed E-state index contributed by atoms with van der Waals surface area (Å²) in [5.41, 5.74) is 1.18. The summed E-state index contributed by atoms with van der Waals surface area (Å²) in [6, 6.07) is 8.09. The van der Waals surface area contributed by atoms with Crippen molar-refractivity contribution in [1.29, 1.82) is 0 Å². The number of ether oxygens (including phenoxy) is 1. The van der Waals surface area contributed by atoms with Gasteiger partial charge in [-0.1, -0.05) is 24.3 Å². The Kier molecular flexibility index (Phi) is 6.75. The van der Waals surface area contributed by atoms with Gasteiger partial charge in [0.05, 0.1) is 0 Å². The molecule has 17 heavy (non-hydrogen) atoms. The van der Waals surface area contributed by atoms with Gasteiger partial charge in [0, 0.05) is 12.4 Å². The third kappa shape index (κ3) is 6.35. The monoisotopic (exact) mass is 253 g/mol. The van der Waals surface area contributed by atoms with Gasteiger partial charge >= 0.3 is 0 Å². The molecule has 0 amide bonds. The second-order valence-corrected chi connectivity index (χ2v) is 4.48. The highest BCUT2D eigenvalue weighted by Crippen LogP contribution is 2.13. The Bertz CT molecular complexity index is 333. The van der Waals surface area contributed by atoms with Gasteiger partial charge in [0.1, 0.15) is 12.4 Å². The van der Waals surface area contributed by atoms with Crippen LogP contribution in [0.4, 0.5) is 0 Å². The lowest BCUT2D eigenvalue weighted by atomic mass is 10.2. The highest BCUT2D eigenvalue weighted by molar-refractivity contribution is 6.17. The standard InChI is InChI=1S/C14H20ClNO/c1-16(2)11-12-17-14-8-6-13(7-9-14)5-3-4-10-15/h3,5-9H,4,10-12H2,1-2H3/b5-3+. The van der Waals surface area contributed by atoms with Gasteiger partial charge in [-0.2, -0.15) is 0 Å². The second kappa shape index (κ2) is 8.15. The second-order valence-electron chi connectivity index (χ2n) is 4.10. The van der Waals surface area contributed by atoms with E-state index in [-0.39, 0.29) is 0 Å². The van der Waals surface area contributed by atoms with Gasteiger partial charge in [0.2, 0.25) is 0 Å². The SMILES string of the molecule is CN(C)CCOc1ccc(/C=C/CCCl)cc1. The highest BCUT2D eigenvalue weighted by Gasteiger charge is 1.94. The molecule has 3 heteroatoms. The van der Waals surface area contributed by atoms with Crippen molar-refractivity contribution >= 4 is 17.7 Å². The predicted molar refractivity (Wildman–Crippen MR) is 74.9 cm³/mol. The maximum absolute atomic E-state index is 5.61. The van der Waals surface area contributed by atoms with Crippen LogP contribution in [0.25, 0.3) is 6.08 Å². The first-order chi connectivity index (χ1) is 8.22. The van der Waals surface area contributed by atoms with Gasteiger partial charge in [0.25, 0.3) is 0 Å². The normalized spacial score (nSPS) is 11.3. The molecule has 0 atom stereocenters. The van der Waals surface area contributed by atoms with E-state index in [1.165, 1.54) is 5.56 Å². The van der Waals surface area contributed by atoms with E-state index in [0.29, 0.717) is 12.5 Å². The molecule has 0 bridgehead atoms. The van der Waals surface area contributed by atoms with Gasteiger partial charge in [-0.15, -0.1) is 11.6 Å². The molecule has 2 nitrogen and oxygen atoms in total. The third-order valence-corrected chi connectivity index (χ3v) is 2.49. The van der Waals surface area contributed by atoms with Crippen LogP contribution >= 0.6 is 11.6 Å². The molecule has 0 spiro atoms. The Morgan fingerprint density at radius 2 is 1.94 bits per heavy atom. The minimum atomic E-state index is 0.669. The predicted octanol–water partition coefficient (Wildman–Crippen LogP) is 3.27. The zero-order valence-corrected chi connectivity index (χ0v) is 11.3. The molecule has 0 unspecified atom stereocenters. The van der Waals surface area contributed by atoms with Crippen molar-refractivity contribution in [3.05, 3.63) is 35.9 Å². The van der Waals surface area contributed by atoms with E-state index in [1.54, 1.807) is 0 Å². The van der Waals surface area contributed by atoms with Crippen molar-refractivity contribution in [2.75, 3.05) is 33.1 Å². The summed E-state index contributed by atoms with van der Waals surface area (Å²) < 4.78 is 5.61. The van der Waals surface area contributed by atoms with Crippen LogP contribution in [0.5, 0.6) is 5.75 Å². The van der Waals surface area contributed by atoms with Gasteiger partial charge in [-0.3, -0.25) is 0 Å². The molecule has 0 radical (unpaired) electrons. The lowest BCUT2D eigenvalue weighted by Gasteiger charge is -2.10.